The number of aliphatic hydroxyl groups is 1. The van der Waals surface area contributed by atoms with E-state index >= 15 is 0 Å². The van der Waals surface area contributed by atoms with E-state index in [0.29, 0.717) is 19.2 Å². The van der Waals surface area contributed by atoms with Crippen molar-refractivity contribution in [3.8, 4) is 0 Å². The SMILES string of the molecule is COCC(O)CNC1CC(NC(=O)OCc2ccccc2)C1. The number of alkyl carbamates (subject to hydrolysis) is 1. The van der Waals surface area contributed by atoms with Gasteiger partial charge in [-0.15, -0.1) is 0 Å². The summed E-state index contributed by atoms with van der Waals surface area (Å²) in [5, 5.41) is 15.6. The molecule has 2 rings (SSSR count). The Balaban J connectivity index is 1.54. The molecule has 6 heteroatoms. The quantitative estimate of drug-likeness (QED) is 0.669. The summed E-state index contributed by atoms with van der Waals surface area (Å²) in [6, 6.07) is 10.1. The minimum atomic E-state index is -0.493. The molecule has 0 aliphatic heterocycles. The highest BCUT2D eigenvalue weighted by Crippen LogP contribution is 2.20. The van der Waals surface area contributed by atoms with E-state index in [9.17, 15) is 9.90 Å². The maximum Gasteiger partial charge on any atom is 0.407 e. The van der Waals surface area contributed by atoms with E-state index in [-0.39, 0.29) is 18.7 Å². The predicted octanol–water partition coefficient (Wildman–Crippen LogP) is 1.04. The maximum atomic E-state index is 11.7. The van der Waals surface area contributed by atoms with Crippen LogP contribution in [0, 0.1) is 0 Å². The second-order valence-electron chi connectivity index (χ2n) is 5.59. The van der Waals surface area contributed by atoms with Gasteiger partial charge in [0.25, 0.3) is 0 Å². The third-order valence-electron chi connectivity index (χ3n) is 3.67. The van der Waals surface area contributed by atoms with Crippen LogP contribution in [0.3, 0.4) is 0 Å². The van der Waals surface area contributed by atoms with Crippen LogP contribution in [0.5, 0.6) is 0 Å². The van der Waals surface area contributed by atoms with Crippen molar-refractivity contribution in [2.24, 2.45) is 0 Å². The summed E-state index contributed by atoms with van der Waals surface area (Å²) in [5.74, 6) is 0. The van der Waals surface area contributed by atoms with Gasteiger partial charge in [-0.05, 0) is 18.4 Å². The van der Waals surface area contributed by atoms with Crippen LogP contribution in [0.1, 0.15) is 18.4 Å². The van der Waals surface area contributed by atoms with Gasteiger partial charge in [0, 0.05) is 25.7 Å². The van der Waals surface area contributed by atoms with E-state index in [1.165, 1.54) is 0 Å². The van der Waals surface area contributed by atoms with Gasteiger partial charge in [-0.3, -0.25) is 0 Å². The summed E-state index contributed by atoms with van der Waals surface area (Å²) in [5.41, 5.74) is 0.970. The summed E-state index contributed by atoms with van der Waals surface area (Å²) in [6.45, 7) is 1.11. The van der Waals surface area contributed by atoms with Crippen LogP contribution in [0.2, 0.25) is 0 Å². The number of nitrogens with one attached hydrogen (secondary N) is 2. The second kappa shape index (κ2) is 8.73. The van der Waals surface area contributed by atoms with Gasteiger partial charge in [-0.25, -0.2) is 4.79 Å². The molecule has 122 valence electrons. The lowest BCUT2D eigenvalue weighted by molar-refractivity contribution is 0.0586. The molecule has 0 aromatic heterocycles. The first-order chi connectivity index (χ1) is 10.7. The molecular weight excluding hydrogens is 284 g/mol. The second-order valence-corrected chi connectivity index (χ2v) is 5.59. The number of amides is 1. The monoisotopic (exact) mass is 308 g/mol. The number of carbonyl (C=O) groups excluding carboxylic acids is 1. The van der Waals surface area contributed by atoms with Crippen LogP contribution in [0.25, 0.3) is 0 Å². The van der Waals surface area contributed by atoms with Gasteiger partial charge in [-0.2, -0.15) is 0 Å². The summed E-state index contributed by atoms with van der Waals surface area (Å²) in [6.07, 6.45) is 0.819. The van der Waals surface area contributed by atoms with Crippen LogP contribution in [0.15, 0.2) is 30.3 Å². The molecule has 1 fully saturated rings. The van der Waals surface area contributed by atoms with Crippen molar-refractivity contribution >= 4 is 6.09 Å². The number of methoxy groups -OCH3 is 1. The molecule has 1 amide bonds. The van der Waals surface area contributed by atoms with Crippen LogP contribution in [-0.2, 0) is 16.1 Å². The molecule has 6 nitrogen and oxygen atoms in total. The van der Waals surface area contributed by atoms with E-state index in [1.54, 1.807) is 7.11 Å². The van der Waals surface area contributed by atoms with Crippen molar-refractivity contribution in [2.75, 3.05) is 20.3 Å². The topological polar surface area (TPSA) is 79.8 Å². The van der Waals surface area contributed by atoms with Crippen molar-refractivity contribution in [1.82, 2.24) is 10.6 Å². The average Bonchev–Trinajstić information content (AvgIpc) is 2.48. The van der Waals surface area contributed by atoms with E-state index in [1.807, 2.05) is 30.3 Å². The lowest BCUT2D eigenvalue weighted by atomic mass is 9.87. The fraction of sp³-hybridized carbons (Fsp3) is 0.562. The number of hydrogen-bond donors (Lipinski definition) is 3. The van der Waals surface area contributed by atoms with Gasteiger partial charge in [0.05, 0.1) is 12.7 Å². The number of ether oxygens (including phenoxy) is 2. The highest BCUT2D eigenvalue weighted by atomic mass is 16.5. The van der Waals surface area contributed by atoms with Gasteiger partial charge in [0.1, 0.15) is 6.61 Å². The zero-order chi connectivity index (χ0) is 15.8. The Bertz CT molecular complexity index is 449. The minimum Gasteiger partial charge on any atom is -0.445 e. The van der Waals surface area contributed by atoms with Gasteiger partial charge >= 0.3 is 6.09 Å². The first-order valence-corrected chi connectivity index (χ1v) is 7.55. The molecule has 0 saturated heterocycles. The summed E-state index contributed by atoms with van der Waals surface area (Å²) in [4.78, 5) is 11.7. The molecule has 1 aliphatic carbocycles. The molecule has 1 aliphatic rings. The minimum absolute atomic E-state index is 0.139. The third kappa shape index (κ3) is 5.63. The van der Waals surface area contributed by atoms with Crippen LogP contribution < -0.4 is 10.6 Å². The molecule has 0 radical (unpaired) electrons. The van der Waals surface area contributed by atoms with Crippen molar-refractivity contribution in [2.45, 2.75) is 37.6 Å². The lowest BCUT2D eigenvalue weighted by Crippen LogP contribution is -2.53. The van der Waals surface area contributed by atoms with Crippen molar-refractivity contribution in [1.29, 1.82) is 0 Å². The average molecular weight is 308 g/mol. The Hall–Kier alpha value is -1.63. The van der Waals surface area contributed by atoms with Gasteiger partial charge in [-0.1, -0.05) is 30.3 Å². The normalized spacial score (nSPS) is 21.7. The highest BCUT2D eigenvalue weighted by molar-refractivity contribution is 5.67. The van der Waals surface area contributed by atoms with Crippen molar-refractivity contribution in [3.63, 3.8) is 0 Å². The largest absolute Gasteiger partial charge is 0.445 e. The predicted molar refractivity (Wildman–Crippen MR) is 82.5 cm³/mol. The lowest BCUT2D eigenvalue weighted by Gasteiger charge is -2.36. The first-order valence-electron chi connectivity index (χ1n) is 7.55. The number of hydrogen-bond acceptors (Lipinski definition) is 5. The van der Waals surface area contributed by atoms with Crippen LogP contribution >= 0.6 is 0 Å². The van der Waals surface area contributed by atoms with Crippen LogP contribution in [-0.4, -0.2) is 49.6 Å². The summed E-state index contributed by atoms with van der Waals surface area (Å²) >= 11 is 0. The molecule has 1 unspecified atom stereocenters. The van der Waals surface area contributed by atoms with Gasteiger partial charge < -0.3 is 25.2 Å². The number of rotatable bonds is 8. The summed E-state index contributed by atoms with van der Waals surface area (Å²) in [7, 11) is 1.56. The third-order valence-corrected chi connectivity index (χ3v) is 3.67. The Morgan fingerprint density at radius 2 is 2.05 bits per heavy atom. The van der Waals surface area contributed by atoms with Crippen molar-refractivity contribution < 1.29 is 19.4 Å². The molecule has 0 heterocycles. The van der Waals surface area contributed by atoms with Crippen molar-refractivity contribution in [3.05, 3.63) is 35.9 Å². The maximum absolute atomic E-state index is 11.7. The molecule has 1 atom stereocenters. The van der Waals surface area contributed by atoms with Gasteiger partial charge in [0.15, 0.2) is 0 Å². The number of benzene rings is 1. The molecular formula is C16H24N2O4. The Labute approximate surface area is 130 Å². The fourth-order valence-corrected chi connectivity index (χ4v) is 2.39. The molecule has 0 spiro atoms. The molecule has 1 aromatic rings. The van der Waals surface area contributed by atoms with E-state index in [2.05, 4.69) is 10.6 Å². The van der Waals surface area contributed by atoms with E-state index in [4.69, 9.17) is 9.47 Å². The highest BCUT2D eigenvalue weighted by Gasteiger charge is 2.30. The molecule has 1 saturated carbocycles. The first kappa shape index (κ1) is 16.7. The molecule has 0 bridgehead atoms. The zero-order valence-corrected chi connectivity index (χ0v) is 12.8. The molecule has 3 N–H and O–H groups in total. The van der Waals surface area contributed by atoms with Gasteiger partial charge in [0.2, 0.25) is 0 Å². The molecule has 22 heavy (non-hydrogen) atoms. The zero-order valence-electron chi connectivity index (χ0n) is 12.8. The fourth-order valence-electron chi connectivity index (χ4n) is 2.39. The Morgan fingerprint density at radius 1 is 1.32 bits per heavy atom. The van der Waals surface area contributed by atoms with E-state index in [0.717, 1.165) is 18.4 Å². The number of aliphatic hydroxyl groups excluding tert-OH is 1. The Morgan fingerprint density at radius 3 is 2.73 bits per heavy atom. The summed E-state index contributed by atoms with van der Waals surface area (Å²) < 4.78 is 10.0. The Kier molecular flexibility index (Phi) is 6.64. The molecule has 1 aromatic carbocycles. The van der Waals surface area contributed by atoms with E-state index < -0.39 is 6.10 Å². The van der Waals surface area contributed by atoms with Crippen LogP contribution in [0.4, 0.5) is 4.79 Å². The standard InChI is InChI=1S/C16H24N2O4/c1-21-11-15(19)9-17-13-7-14(8-13)18-16(20)22-10-12-5-3-2-4-6-12/h2-6,13-15,17,19H,7-11H2,1H3,(H,18,20). The number of carbonyl (C=O) groups is 1. The smallest absolute Gasteiger partial charge is 0.407 e.